The SMILES string of the molecule is Cc1cc(-c2ncccc2-c2ccn3c(C(=O)NCCN4CCOCC4)ncc3c2)ccc1F. The summed E-state index contributed by atoms with van der Waals surface area (Å²) in [5, 5.41) is 2.97. The van der Waals surface area contributed by atoms with Gasteiger partial charge in [0.2, 0.25) is 5.82 Å². The fourth-order valence-electron chi connectivity index (χ4n) is 4.23. The van der Waals surface area contributed by atoms with E-state index in [1.54, 1.807) is 35.9 Å². The molecule has 0 atom stereocenters. The van der Waals surface area contributed by atoms with Crippen molar-refractivity contribution < 1.29 is 13.9 Å². The largest absolute Gasteiger partial charge is 0.379 e. The Morgan fingerprint density at radius 1 is 1.12 bits per heavy atom. The van der Waals surface area contributed by atoms with E-state index in [2.05, 4.69) is 20.2 Å². The first-order valence-electron chi connectivity index (χ1n) is 11.4. The van der Waals surface area contributed by atoms with Crippen molar-refractivity contribution in [2.75, 3.05) is 39.4 Å². The molecule has 1 aromatic carbocycles. The number of morpholine rings is 1. The monoisotopic (exact) mass is 459 g/mol. The number of hydrogen-bond acceptors (Lipinski definition) is 5. The smallest absolute Gasteiger partial charge is 0.287 e. The second-order valence-corrected chi connectivity index (χ2v) is 8.37. The van der Waals surface area contributed by atoms with E-state index in [9.17, 15) is 9.18 Å². The molecule has 0 bridgehead atoms. The van der Waals surface area contributed by atoms with Crippen LogP contribution in [0.3, 0.4) is 0 Å². The fraction of sp³-hybridized carbons (Fsp3) is 0.269. The van der Waals surface area contributed by atoms with Gasteiger partial charge in [-0.2, -0.15) is 0 Å². The van der Waals surface area contributed by atoms with Gasteiger partial charge in [0.15, 0.2) is 0 Å². The number of carbonyl (C=O) groups is 1. The minimum absolute atomic E-state index is 0.204. The first-order chi connectivity index (χ1) is 16.6. The van der Waals surface area contributed by atoms with Crippen LogP contribution in [0, 0.1) is 12.7 Å². The lowest BCUT2D eigenvalue weighted by Gasteiger charge is -2.26. The van der Waals surface area contributed by atoms with E-state index in [4.69, 9.17) is 4.74 Å². The van der Waals surface area contributed by atoms with Crippen LogP contribution in [0.5, 0.6) is 0 Å². The summed E-state index contributed by atoms with van der Waals surface area (Å²) < 4.78 is 20.9. The molecule has 8 heteroatoms. The van der Waals surface area contributed by atoms with Crippen LogP contribution in [0.15, 0.2) is 61.1 Å². The minimum Gasteiger partial charge on any atom is -0.379 e. The average Bonchev–Trinajstić information content (AvgIpc) is 3.30. The van der Waals surface area contributed by atoms with Crippen molar-refractivity contribution in [2.45, 2.75) is 6.92 Å². The normalized spacial score (nSPS) is 14.4. The van der Waals surface area contributed by atoms with Gasteiger partial charge in [-0.3, -0.25) is 19.1 Å². The molecule has 1 aliphatic rings. The number of fused-ring (bicyclic) bond motifs is 1. The molecule has 4 heterocycles. The van der Waals surface area contributed by atoms with Crippen molar-refractivity contribution in [3.63, 3.8) is 0 Å². The highest BCUT2D eigenvalue weighted by Crippen LogP contribution is 2.31. The van der Waals surface area contributed by atoms with Crippen molar-refractivity contribution in [2.24, 2.45) is 0 Å². The van der Waals surface area contributed by atoms with Gasteiger partial charge in [0.25, 0.3) is 5.91 Å². The van der Waals surface area contributed by atoms with Gasteiger partial charge in [-0.25, -0.2) is 9.37 Å². The molecule has 1 fully saturated rings. The predicted molar refractivity (Wildman–Crippen MR) is 128 cm³/mol. The third-order valence-corrected chi connectivity index (χ3v) is 6.10. The molecule has 3 aromatic heterocycles. The Morgan fingerprint density at radius 3 is 2.79 bits per heavy atom. The van der Waals surface area contributed by atoms with Gasteiger partial charge < -0.3 is 10.1 Å². The molecule has 1 saturated heterocycles. The molecule has 0 saturated carbocycles. The Hall–Kier alpha value is -3.62. The summed E-state index contributed by atoms with van der Waals surface area (Å²) in [7, 11) is 0. The Bertz CT molecular complexity index is 1330. The maximum absolute atomic E-state index is 13.8. The first-order valence-corrected chi connectivity index (χ1v) is 11.4. The fourth-order valence-corrected chi connectivity index (χ4v) is 4.23. The summed E-state index contributed by atoms with van der Waals surface area (Å²) in [6.45, 7) is 6.34. The number of nitrogens with one attached hydrogen (secondary N) is 1. The maximum atomic E-state index is 13.8. The predicted octanol–water partition coefficient (Wildman–Crippen LogP) is 3.57. The number of amides is 1. The average molecular weight is 460 g/mol. The maximum Gasteiger partial charge on any atom is 0.287 e. The Balaban J connectivity index is 1.37. The molecular weight excluding hydrogens is 433 g/mol. The molecule has 1 aliphatic heterocycles. The summed E-state index contributed by atoms with van der Waals surface area (Å²) in [4.78, 5) is 23.9. The van der Waals surface area contributed by atoms with Gasteiger partial charge >= 0.3 is 0 Å². The Morgan fingerprint density at radius 2 is 1.97 bits per heavy atom. The van der Waals surface area contributed by atoms with Gasteiger partial charge in [-0.05, 0) is 54.4 Å². The van der Waals surface area contributed by atoms with Crippen molar-refractivity contribution in [3.8, 4) is 22.4 Å². The van der Waals surface area contributed by atoms with Crippen LogP contribution in [-0.2, 0) is 4.74 Å². The van der Waals surface area contributed by atoms with Gasteiger partial charge in [0, 0.05) is 49.7 Å². The molecule has 1 amide bonds. The highest BCUT2D eigenvalue weighted by atomic mass is 19.1. The van der Waals surface area contributed by atoms with E-state index in [1.807, 2.05) is 30.5 Å². The van der Waals surface area contributed by atoms with Gasteiger partial charge in [-0.15, -0.1) is 0 Å². The third kappa shape index (κ3) is 4.55. The molecular formula is C26H26FN5O2. The quantitative estimate of drug-likeness (QED) is 0.477. The van der Waals surface area contributed by atoms with Crippen LogP contribution in [0.1, 0.15) is 16.2 Å². The Kier molecular flexibility index (Phi) is 6.33. The molecule has 0 unspecified atom stereocenters. The summed E-state index contributed by atoms with van der Waals surface area (Å²) in [6, 6.07) is 12.8. The number of aromatic nitrogens is 3. The molecule has 1 N–H and O–H groups in total. The van der Waals surface area contributed by atoms with E-state index in [0.717, 1.165) is 60.7 Å². The van der Waals surface area contributed by atoms with Gasteiger partial charge in [0.05, 0.1) is 30.6 Å². The number of imidazole rings is 1. The molecule has 5 rings (SSSR count). The van der Waals surface area contributed by atoms with Crippen molar-refractivity contribution >= 4 is 11.4 Å². The second-order valence-electron chi connectivity index (χ2n) is 8.37. The zero-order chi connectivity index (χ0) is 23.5. The number of nitrogens with zero attached hydrogens (tertiary/aromatic N) is 4. The number of rotatable bonds is 6. The number of carbonyl (C=O) groups excluding carboxylic acids is 1. The summed E-state index contributed by atoms with van der Waals surface area (Å²) >= 11 is 0. The van der Waals surface area contributed by atoms with Crippen LogP contribution in [0.4, 0.5) is 4.39 Å². The number of benzene rings is 1. The summed E-state index contributed by atoms with van der Waals surface area (Å²) in [5.74, 6) is -0.0911. The summed E-state index contributed by atoms with van der Waals surface area (Å²) in [5.41, 5.74) is 4.87. The molecule has 0 aliphatic carbocycles. The standard InChI is InChI=1S/C26H26FN5O2/c1-18-15-20(4-5-23(18)27)24-22(3-2-7-28-24)19-6-9-32-21(16-19)17-30-25(32)26(33)29-8-10-31-11-13-34-14-12-31/h2-7,9,15-17H,8,10-14H2,1H3,(H,29,33). The van der Waals surface area contributed by atoms with Gasteiger partial charge in [0.1, 0.15) is 5.82 Å². The van der Waals surface area contributed by atoms with E-state index in [0.29, 0.717) is 17.9 Å². The first kappa shape index (κ1) is 22.2. The van der Waals surface area contributed by atoms with E-state index in [-0.39, 0.29) is 11.7 Å². The Labute approximate surface area is 197 Å². The highest BCUT2D eigenvalue weighted by Gasteiger charge is 2.16. The van der Waals surface area contributed by atoms with E-state index in [1.165, 1.54) is 6.07 Å². The third-order valence-electron chi connectivity index (χ3n) is 6.10. The van der Waals surface area contributed by atoms with E-state index < -0.39 is 0 Å². The molecule has 7 nitrogen and oxygen atoms in total. The van der Waals surface area contributed by atoms with Gasteiger partial charge in [-0.1, -0.05) is 6.07 Å². The van der Waals surface area contributed by atoms with Crippen LogP contribution in [0.25, 0.3) is 27.9 Å². The molecule has 0 spiro atoms. The lowest BCUT2D eigenvalue weighted by atomic mass is 9.99. The summed E-state index contributed by atoms with van der Waals surface area (Å²) in [6.07, 6.45) is 5.27. The second kappa shape index (κ2) is 9.70. The highest BCUT2D eigenvalue weighted by molar-refractivity contribution is 5.92. The zero-order valence-electron chi connectivity index (χ0n) is 19.0. The number of hydrogen-bond donors (Lipinski definition) is 1. The zero-order valence-corrected chi connectivity index (χ0v) is 19.0. The minimum atomic E-state index is -0.238. The number of halogens is 1. The molecule has 174 valence electrons. The number of ether oxygens (including phenoxy) is 1. The van der Waals surface area contributed by atoms with Crippen LogP contribution >= 0.6 is 0 Å². The molecule has 34 heavy (non-hydrogen) atoms. The van der Waals surface area contributed by atoms with Crippen molar-refractivity contribution in [3.05, 3.63) is 78.3 Å². The van der Waals surface area contributed by atoms with Crippen LogP contribution < -0.4 is 5.32 Å². The van der Waals surface area contributed by atoms with Crippen molar-refractivity contribution in [1.29, 1.82) is 0 Å². The van der Waals surface area contributed by atoms with Crippen molar-refractivity contribution in [1.82, 2.24) is 24.6 Å². The van der Waals surface area contributed by atoms with Crippen LogP contribution in [0.2, 0.25) is 0 Å². The number of pyridine rings is 2. The van der Waals surface area contributed by atoms with Crippen LogP contribution in [-0.4, -0.2) is 64.6 Å². The molecule has 0 radical (unpaired) electrons. The lowest BCUT2D eigenvalue weighted by molar-refractivity contribution is 0.0383. The number of aryl methyl sites for hydroxylation is 1. The topological polar surface area (TPSA) is 71.8 Å². The van der Waals surface area contributed by atoms with E-state index >= 15 is 0 Å². The molecule has 4 aromatic rings. The lowest BCUT2D eigenvalue weighted by Crippen LogP contribution is -2.41.